The summed E-state index contributed by atoms with van der Waals surface area (Å²) in [5.74, 6) is 0. The molecule has 0 radical (unpaired) electrons. The summed E-state index contributed by atoms with van der Waals surface area (Å²) in [5, 5.41) is 0.964. The Kier molecular flexibility index (Phi) is 2.26. The molecule has 16 heavy (non-hydrogen) atoms. The van der Waals surface area contributed by atoms with Gasteiger partial charge in [-0.2, -0.15) is 0 Å². The quantitative estimate of drug-likeness (QED) is 0.583. The Hall–Kier alpha value is -1.61. The van der Waals surface area contributed by atoms with Crippen LogP contribution in [0.2, 0.25) is 0 Å². The van der Waals surface area contributed by atoms with Crippen molar-refractivity contribution in [1.82, 2.24) is 0 Å². The largest absolute Gasteiger partial charge is 0.423 e. The molecule has 0 amide bonds. The van der Waals surface area contributed by atoms with Gasteiger partial charge in [-0.3, -0.25) is 0 Å². The minimum Gasteiger partial charge on any atom is -0.423 e. The SMILES string of the molecule is O=c1ccc2ccc(CCC3CO3)cc2o1. The normalized spacial score (nSPS) is 18.9. The Bertz CT molecular complexity index is 567. The lowest BCUT2D eigenvalue weighted by Gasteiger charge is -2.01. The third-order valence-electron chi connectivity index (χ3n) is 2.84. The molecule has 2 heterocycles. The molecule has 1 aromatic heterocycles. The first-order valence-electron chi connectivity index (χ1n) is 5.46. The predicted molar refractivity (Wildman–Crippen MR) is 60.5 cm³/mol. The monoisotopic (exact) mass is 216 g/mol. The number of aryl methyl sites for hydroxylation is 1. The Balaban J connectivity index is 1.90. The molecule has 82 valence electrons. The average Bonchev–Trinajstić information content (AvgIpc) is 3.09. The van der Waals surface area contributed by atoms with Crippen LogP contribution in [0.5, 0.6) is 0 Å². The molecule has 0 spiro atoms. The number of hydrogen-bond donors (Lipinski definition) is 0. The number of hydrogen-bond acceptors (Lipinski definition) is 3. The summed E-state index contributed by atoms with van der Waals surface area (Å²) in [6.45, 7) is 0.892. The molecule has 3 rings (SSSR count). The van der Waals surface area contributed by atoms with Crippen LogP contribution >= 0.6 is 0 Å². The zero-order valence-corrected chi connectivity index (χ0v) is 8.81. The molecule has 0 bridgehead atoms. The maximum absolute atomic E-state index is 11.1. The van der Waals surface area contributed by atoms with Gasteiger partial charge in [0, 0.05) is 11.5 Å². The molecular weight excluding hydrogens is 204 g/mol. The van der Waals surface area contributed by atoms with Crippen LogP contribution in [0.15, 0.2) is 39.5 Å². The van der Waals surface area contributed by atoms with Crippen molar-refractivity contribution in [3.05, 3.63) is 46.3 Å². The van der Waals surface area contributed by atoms with Crippen molar-refractivity contribution in [2.75, 3.05) is 6.61 Å². The van der Waals surface area contributed by atoms with Crippen molar-refractivity contribution in [1.29, 1.82) is 0 Å². The summed E-state index contributed by atoms with van der Waals surface area (Å²) in [5.41, 5.74) is 1.56. The van der Waals surface area contributed by atoms with E-state index in [1.807, 2.05) is 12.1 Å². The van der Waals surface area contributed by atoms with E-state index in [2.05, 4.69) is 6.07 Å². The highest BCUT2D eigenvalue weighted by Crippen LogP contribution is 2.19. The van der Waals surface area contributed by atoms with E-state index in [-0.39, 0.29) is 5.63 Å². The zero-order chi connectivity index (χ0) is 11.0. The minimum absolute atomic E-state index is 0.296. The second kappa shape index (κ2) is 3.76. The number of rotatable bonds is 3. The first-order chi connectivity index (χ1) is 7.81. The summed E-state index contributed by atoms with van der Waals surface area (Å²) in [6.07, 6.45) is 2.46. The molecule has 0 aliphatic carbocycles. The average molecular weight is 216 g/mol. The van der Waals surface area contributed by atoms with E-state index in [0.717, 1.165) is 24.8 Å². The van der Waals surface area contributed by atoms with E-state index in [4.69, 9.17) is 9.15 Å². The van der Waals surface area contributed by atoms with Gasteiger partial charge in [-0.15, -0.1) is 0 Å². The highest BCUT2D eigenvalue weighted by Gasteiger charge is 2.21. The lowest BCUT2D eigenvalue weighted by molar-refractivity contribution is 0.397. The first-order valence-corrected chi connectivity index (χ1v) is 5.46. The first kappa shape index (κ1) is 9.60. The minimum atomic E-state index is -0.296. The van der Waals surface area contributed by atoms with Crippen molar-refractivity contribution >= 4 is 11.0 Å². The fourth-order valence-corrected chi connectivity index (χ4v) is 1.82. The highest BCUT2D eigenvalue weighted by atomic mass is 16.6. The van der Waals surface area contributed by atoms with E-state index < -0.39 is 0 Å². The van der Waals surface area contributed by atoms with E-state index >= 15 is 0 Å². The maximum Gasteiger partial charge on any atom is 0.336 e. The van der Waals surface area contributed by atoms with Gasteiger partial charge < -0.3 is 9.15 Å². The molecule has 3 heteroatoms. The lowest BCUT2D eigenvalue weighted by atomic mass is 10.1. The molecule has 1 aliphatic rings. The highest BCUT2D eigenvalue weighted by molar-refractivity contribution is 5.76. The standard InChI is InChI=1S/C13H12O3/c14-13-6-4-10-3-1-9(7-12(10)16-13)2-5-11-8-15-11/h1,3-4,6-7,11H,2,5,8H2. The second-order valence-electron chi connectivity index (χ2n) is 4.12. The molecule has 1 aromatic carbocycles. The fraction of sp³-hybridized carbons (Fsp3) is 0.308. The number of benzene rings is 1. The smallest absolute Gasteiger partial charge is 0.336 e. The van der Waals surface area contributed by atoms with E-state index in [0.29, 0.717) is 11.7 Å². The molecule has 1 unspecified atom stereocenters. The van der Waals surface area contributed by atoms with Crippen molar-refractivity contribution in [2.24, 2.45) is 0 Å². The third kappa shape index (κ3) is 1.99. The van der Waals surface area contributed by atoms with Crippen molar-refractivity contribution < 1.29 is 9.15 Å². The topological polar surface area (TPSA) is 42.7 Å². The van der Waals surface area contributed by atoms with Crippen LogP contribution in [-0.4, -0.2) is 12.7 Å². The molecule has 1 atom stereocenters. The number of ether oxygens (including phenoxy) is 1. The van der Waals surface area contributed by atoms with E-state index in [9.17, 15) is 4.79 Å². The summed E-state index contributed by atoms with van der Waals surface area (Å²) in [6, 6.07) is 9.24. The molecule has 1 aliphatic heterocycles. The Morgan fingerprint density at radius 1 is 1.25 bits per heavy atom. The van der Waals surface area contributed by atoms with Crippen molar-refractivity contribution in [2.45, 2.75) is 18.9 Å². The summed E-state index contributed by atoms with van der Waals surface area (Å²) < 4.78 is 10.3. The maximum atomic E-state index is 11.1. The van der Waals surface area contributed by atoms with Gasteiger partial charge in [0.15, 0.2) is 0 Å². The molecule has 0 saturated carbocycles. The number of fused-ring (bicyclic) bond motifs is 1. The van der Waals surface area contributed by atoms with E-state index in [1.165, 1.54) is 11.6 Å². The predicted octanol–water partition coefficient (Wildman–Crippen LogP) is 2.12. The molecule has 1 saturated heterocycles. The van der Waals surface area contributed by atoms with Gasteiger partial charge in [0.1, 0.15) is 5.58 Å². The second-order valence-corrected chi connectivity index (χ2v) is 4.12. The molecule has 2 aromatic rings. The zero-order valence-electron chi connectivity index (χ0n) is 8.81. The third-order valence-corrected chi connectivity index (χ3v) is 2.84. The molecule has 1 fully saturated rings. The van der Waals surface area contributed by atoms with Gasteiger partial charge in [-0.25, -0.2) is 4.79 Å². The van der Waals surface area contributed by atoms with Gasteiger partial charge in [0.05, 0.1) is 12.7 Å². The van der Waals surface area contributed by atoms with Gasteiger partial charge in [0.25, 0.3) is 0 Å². The summed E-state index contributed by atoms with van der Waals surface area (Å²) in [7, 11) is 0. The van der Waals surface area contributed by atoms with Crippen LogP contribution in [-0.2, 0) is 11.2 Å². The Morgan fingerprint density at radius 2 is 2.06 bits per heavy atom. The van der Waals surface area contributed by atoms with Crippen LogP contribution < -0.4 is 5.63 Å². The van der Waals surface area contributed by atoms with Gasteiger partial charge in [-0.05, 0) is 30.5 Å². The number of epoxide rings is 1. The van der Waals surface area contributed by atoms with Crippen LogP contribution in [0.25, 0.3) is 11.0 Å². The van der Waals surface area contributed by atoms with Crippen molar-refractivity contribution in [3.8, 4) is 0 Å². The summed E-state index contributed by atoms with van der Waals surface area (Å²) >= 11 is 0. The van der Waals surface area contributed by atoms with Crippen LogP contribution in [0, 0.1) is 0 Å². The lowest BCUT2D eigenvalue weighted by Crippen LogP contribution is -1.96. The van der Waals surface area contributed by atoms with Crippen LogP contribution in [0.1, 0.15) is 12.0 Å². The van der Waals surface area contributed by atoms with Gasteiger partial charge in [-0.1, -0.05) is 12.1 Å². The van der Waals surface area contributed by atoms with E-state index in [1.54, 1.807) is 6.07 Å². The molecule has 3 nitrogen and oxygen atoms in total. The van der Waals surface area contributed by atoms with Crippen LogP contribution in [0.4, 0.5) is 0 Å². The Labute approximate surface area is 92.6 Å². The molecular formula is C13H12O3. The molecule has 0 N–H and O–H groups in total. The van der Waals surface area contributed by atoms with Crippen LogP contribution in [0.3, 0.4) is 0 Å². The fourth-order valence-electron chi connectivity index (χ4n) is 1.82. The van der Waals surface area contributed by atoms with Gasteiger partial charge in [0.2, 0.25) is 0 Å². The van der Waals surface area contributed by atoms with Crippen molar-refractivity contribution in [3.63, 3.8) is 0 Å². The Morgan fingerprint density at radius 3 is 2.88 bits per heavy atom. The van der Waals surface area contributed by atoms with Gasteiger partial charge >= 0.3 is 5.63 Å². The summed E-state index contributed by atoms with van der Waals surface area (Å²) in [4.78, 5) is 11.1.